The second kappa shape index (κ2) is 3.56. The van der Waals surface area contributed by atoms with E-state index in [4.69, 9.17) is 5.73 Å². The molecule has 1 fully saturated rings. The van der Waals surface area contributed by atoms with Gasteiger partial charge in [-0.15, -0.1) is 0 Å². The van der Waals surface area contributed by atoms with Crippen LogP contribution in [0.2, 0.25) is 0 Å². The zero-order valence-electron chi connectivity index (χ0n) is 8.11. The van der Waals surface area contributed by atoms with Crippen LogP contribution in [0.3, 0.4) is 0 Å². The van der Waals surface area contributed by atoms with Crippen molar-refractivity contribution in [1.29, 1.82) is 0 Å². The lowest BCUT2D eigenvalue weighted by molar-refractivity contribution is 0.151. The van der Waals surface area contributed by atoms with Gasteiger partial charge in [-0.2, -0.15) is 0 Å². The molecule has 0 aromatic heterocycles. The summed E-state index contributed by atoms with van der Waals surface area (Å²) in [6, 6.07) is 7.94. The molecule has 2 nitrogen and oxygen atoms in total. The van der Waals surface area contributed by atoms with Gasteiger partial charge in [0, 0.05) is 6.54 Å². The Morgan fingerprint density at radius 1 is 1.36 bits per heavy atom. The molecule has 2 rings (SSSR count). The predicted octanol–water partition coefficient (Wildman–Crippen LogP) is 1.64. The second-order valence-electron chi connectivity index (χ2n) is 3.76. The minimum absolute atomic E-state index is 0.534. The standard InChI is InChI=1S/C12H15NO/c13-9-3-5-10-4-1-2-6-11(10)12(14)7-8-12/h1-6,14H,7-9,13H2/b5-3+. The molecule has 74 valence electrons. The van der Waals surface area contributed by atoms with Crippen LogP contribution in [-0.2, 0) is 5.60 Å². The smallest absolute Gasteiger partial charge is 0.0904 e. The van der Waals surface area contributed by atoms with Gasteiger partial charge in [0.1, 0.15) is 0 Å². The van der Waals surface area contributed by atoms with E-state index in [9.17, 15) is 5.11 Å². The third kappa shape index (κ3) is 1.72. The van der Waals surface area contributed by atoms with Crippen LogP contribution in [0.4, 0.5) is 0 Å². The molecule has 0 amide bonds. The van der Waals surface area contributed by atoms with E-state index >= 15 is 0 Å². The molecule has 14 heavy (non-hydrogen) atoms. The average molecular weight is 189 g/mol. The van der Waals surface area contributed by atoms with E-state index in [2.05, 4.69) is 0 Å². The van der Waals surface area contributed by atoms with Crippen molar-refractivity contribution in [1.82, 2.24) is 0 Å². The number of nitrogens with two attached hydrogens (primary N) is 1. The Kier molecular flexibility index (Phi) is 2.40. The van der Waals surface area contributed by atoms with Gasteiger partial charge in [-0.1, -0.05) is 36.4 Å². The third-order valence-corrected chi connectivity index (χ3v) is 2.62. The predicted molar refractivity (Wildman–Crippen MR) is 57.7 cm³/mol. The van der Waals surface area contributed by atoms with Crippen molar-refractivity contribution in [2.24, 2.45) is 5.73 Å². The van der Waals surface area contributed by atoms with Crippen LogP contribution in [0.25, 0.3) is 6.08 Å². The highest BCUT2D eigenvalue weighted by molar-refractivity contribution is 5.56. The second-order valence-corrected chi connectivity index (χ2v) is 3.76. The summed E-state index contributed by atoms with van der Waals surface area (Å²) in [5, 5.41) is 10.0. The highest BCUT2D eigenvalue weighted by Crippen LogP contribution is 2.46. The summed E-state index contributed by atoms with van der Waals surface area (Å²) in [6.45, 7) is 0.534. The van der Waals surface area contributed by atoms with Crippen LogP contribution < -0.4 is 5.73 Å². The van der Waals surface area contributed by atoms with Gasteiger partial charge < -0.3 is 10.8 Å². The van der Waals surface area contributed by atoms with Gasteiger partial charge in [0.25, 0.3) is 0 Å². The minimum atomic E-state index is -0.560. The van der Waals surface area contributed by atoms with E-state index in [0.29, 0.717) is 6.54 Å². The van der Waals surface area contributed by atoms with Crippen LogP contribution in [0, 0.1) is 0 Å². The maximum Gasteiger partial charge on any atom is 0.0904 e. The van der Waals surface area contributed by atoms with Gasteiger partial charge in [0.05, 0.1) is 5.60 Å². The Morgan fingerprint density at radius 3 is 2.71 bits per heavy atom. The summed E-state index contributed by atoms with van der Waals surface area (Å²) in [5.41, 5.74) is 6.96. The zero-order valence-corrected chi connectivity index (χ0v) is 8.11. The normalized spacial score (nSPS) is 18.7. The summed E-state index contributed by atoms with van der Waals surface area (Å²) in [5.74, 6) is 0. The maximum atomic E-state index is 10.0. The largest absolute Gasteiger partial charge is 0.385 e. The summed E-state index contributed by atoms with van der Waals surface area (Å²) < 4.78 is 0. The number of rotatable bonds is 3. The van der Waals surface area contributed by atoms with Gasteiger partial charge in [-0.3, -0.25) is 0 Å². The fourth-order valence-electron chi connectivity index (χ4n) is 1.65. The fourth-order valence-corrected chi connectivity index (χ4v) is 1.65. The highest BCUT2D eigenvalue weighted by atomic mass is 16.3. The van der Waals surface area contributed by atoms with E-state index in [-0.39, 0.29) is 0 Å². The number of hydrogen-bond acceptors (Lipinski definition) is 2. The van der Waals surface area contributed by atoms with E-state index < -0.39 is 5.60 Å². The molecule has 1 saturated carbocycles. The number of benzene rings is 1. The van der Waals surface area contributed by atoms with E-state index in [0.717, 1.165) is 24.0 Å². The maximum absolute atomic E-state index is 10.0. The van der Waals surface area contributed by atoms with Crippen molar-refractivity contribution in [2.45, 2.75) is 18.4 Å². The summed E-state index contributed by atoms with van der Waals surface area (Å²) >= 11 is 0. The number of hydrogen-bond donors (Lipinski definition) is 2. The monoisotopic (exact) mass is 189 g/mol. The van der Waals surface area contributed by atoms with Crippen molar-refractivity contribution in [3.05, 3.63) is 41.5 Å². The molecule has 0 unspecified atom stereocenters. The summed E-state index contributed by atoms with van der Waals surface area (Å²) in [7, 11) is 0. The Hall–Kier alpha value is -1.12. The van der Waals surface area contributed by atoms with Gasteiger partial charge in [-0.25, -0.2) is 0 Å². The molecular weight excluding hydrogens is 174 g/mol. The molecule has 1 aliphatic rings. The molecule has 1 aliphatic carbocycles. The van der Waals surface area contributed by atoms with Crippen LogP contribution in [0.1, 0.15) is 24.0 Å². The molecule has 0 aliphatic heterocycles. The lowest BCUT2D eigenvalue weighted by atomic mass is 10.0. The SMILES string of the molecule is NC/C=C/c1ccccc1C1(O)CC1. The Labute approximate surface area is 84.1 Å². The van der Waals surface area contributed by atoms with Crippen molar-refractivity contribution >= 4 is 6.08 Å². The van der Waals surface area contributed by atoms with Gasteiger partial charge in [0.15, 0.2) is 0 Å². The fraction of sp³-hybridized carbons (Fsp3) is 0.333. The van der Waals surface area contributed by atoms with Gasteiger partial charge in [0.2, 0.25) is 0 Å². The minimum Gasteiger partial charge on any atom is -0.385 e. The van der Waals surface area contributed by atoms with Crippen molar-refractivity contribution < 1.29 is 5.11 Å². The van der Waals surface area contributed by atoms with E-state index in [1.54, 1.807) is 0 Å². The van der Waals surface area contributed by atoms with E-state index in [1.807, 2.05) is 36.4 Å². The summed E-state index contributed by atoms with van der Waals surface area (Å²) in [4.78, 5) is 0. The van der Waals surface area contributed by atoms with Crippen molar-refractivity contribution in [3.8, 4) is 0 Å². The number of aliphatic hydroxyl groups is 1. The van der Waals surface area contributed by atoms with Crippen molar-refractivity contribution in [2.75, 3.05) is 6.54 Å². The lowest BCUT2D eigenvalue weighted by Gasteiger charge is -2.11. The third-order valence-electron chi connectivity index (χ3n) is 2.62. The molecule has 1 aromatic carbocycles. The molecule has 0 bridgehead atoms. The Bertz CT molecular complexity index is 353. The topological polar surface area (TPSA) is 46.2 Å². The lowest BCUT2D eigenvalue weighted by Crippen LogP contribution is -2.06. The quantitative estimate of drug-likeness (QED) is 0.759. The first-order valence-electron chi connectivity index (χ1n) is 4.95. The molecular formula is C12H15NO. The Morgan fingerprint density at radius 2 is 2.07 bits per heavy atom. The molecule has 0 radical (unpaired) electrons. The molecule has 0 saturated heterocycles. The molecule has 3 N–H and O–H groups in total. The molecule has 0 atom stereocenters. The Balaban J connectivity index is 2.34. The van der Waals surface area contributed by atoms with Crippen LogP contribution in [0.15, 0.2) is 30.3 Å². The summed E-state index contributed by atoms with van der Waals surface area (Å²) in [6.07, 6.45) is 5.64. The van der Waals surface area contributed by atoms with Crippen molar-refractivity contribution in [3.63, 3.8) is 0 Å². The molecule has 0 heterocycles. The highest BCUT2D eigenvalue weighted by Gasteiger charge is 2.42. The molecule has 1 aromatic rings. The van der Waals surface area contributed by atoms with E-state index in [1.165, 1.54) is 0 Å². The first-order chi connectivity index (χ1) is 6.76. The first-order valence-corrected chi connectivity index (χ1v) is 4.95. The van der Waals surface area contributed by atoms with Crippen LogP contribution in [-0.4, -0.2) is 11.7 Å². The van der Waals surface area contributed by atoms with Crippen LogP contribution >= 0.6 is 0 Å². The molecule has 2 heteroatoms. The van der Waals surface area contributed by atoms with Gasteiger partial charge >= 0.3 is 0 Å². The van der Waals surface area contributed by atoms with Crippen LogP contribution in [0.5, 0.6) is 0 Å². The average Bonchev–Trinajstić information content (AvgIpc) is 2.95. The molecule has 0 spiro atoms. The van der Waals surface area contributed by atoms with Gasteiger partial charge in [-0.05, 0) is 24.0 Å². The zero-order chi connectivity index (χ0) is 10.0. The first kappa shape index (κ1) is 9.44.